The van der Waals surface area contributed by atoms with Gasteiger partial charge in [-0.05, 0) is 33.2 Å². The average molecular weight is 414 g/mol. The van der Waals surface area contributed by atoms with Crippen molar-refractivity contribution in [3.8, 4) is 0 Å². The summed E-state index contributed by atoms with van der Waals surface area (Å²) < 4.78 is 11.1. The van der Waals surface area contributed by atoms with E-state index >= 15 is 0 Å². The highest BCUT2D eigenvalue weighted by Crippen LogP contribution is 2.36. The van der Waals surface area contributed by atoms with Gasteiger partial charge in [-0.3, -0.25) is 9.80 Å². The minimum atomic E-state index is -0.0874. The molecule has 20 heavy (non-hydrogen) atoms. The second-order valence-electron chi connectivity index (χ2n) is 5.88. The number of hydrogen-bond donors (Lipinski definition) is 0. The van der Waals surface area contributed by atoms with Crippen LogP contribution in [-0.4, -0.2) is 71.3 Å². The van der Waals surface area contributed by atoms with E-state index in [0.29, 0.717) is 12.2 Å². The smallest absolute Gasteiger partial charge is 0.133 e. The SMILES string of the molecule is CC1CN(CCCC(Br)(Br)N2CCOC(C)C2)CCO1. The molecule has 0 aromatic rings. The fourth-order valence-corrected chi connectivity index (χ4v) is 4.09. The van der Waals surface area contributed by atoms with Crippen LogP contribution in [0.1, 0.15) is 26.7 Å². The normalized spacial score (nSPS) is 30.6. The van der Waals surface area contributed by atoms with E-state index in [-0.39, 0.29) is 3.36 Å². The Morgan fingerprint density at radius 2 is 1.70 bits per heavy atom. The van der Waals surface area contributed by atoms with Crippen molar-refractivity contribution >= 4 is 31.9 Å². The molecule has 2 heterocycles. The number of ether oxygens (including phenoxy) is 2. The topological polar surface area (TPSA) is 24.9 Å². The standard InChI is InChI=1S/C14H26Br2N2O2/c1-12-10-17(6-8-19-12)5-3-4-14(15,16)18-7-9-20-13(2)11-18/h12-13H,3-11H2,1-2H3. The highest BCUT2D eigenvalue weighted by molar-refractivity contribution is 9.25. The van der Waals surface area contributed by atoms with E-state index in [0.717, 1.165) is 52.4 Å². The van der Waals surface area contributed by atoms with Crippen molar-refractivity contribution < 1.29 is 9.47 Å². The maximum absolute atomic E-state index is 5.61. The molecule has 118 valence electrons. The van der Waals surface area contributed by atoms with E-state index in [9.17, 15) is 0 Å². The van der Waals surface area contributed by atoms with Crippen LogP contribution in [0.4, 0.5) is 0 Å². The number of hydrogen-bond acceptors (Lipinski definition) is 4. The van der Waals surface area contributed by atoms with Crippen molar-refractivity contribution in [3.63, 3.8) is 0 Å². The molecule has 2 fully saturated rings. The van der Waals surface area contributed by atoms with Gasteiger partial charge in [-0.1, -0.05) is 31.9 Å². The summed E-state index contributed by atoms with van der Waals surface area (Å²) in [4.78, 5) is 4.94. The molecular formula is C14H26Br2N2O2. The maximum atomic E-state index is 5.61. The molecule has 2 aliphatic rings. The third-order valence-electron chi connectivity index (χ3n) is 3.98. The molecular weight excluding hydrogens is 388 g/mol. The van der Waals surface area contributed by atoms with Crippen molar-refractivity contribution in [3.05, 3.63) is 0 Å². The number of alkyl halides is 2. The van der Waals surface area contributed by atoms with Crippen molar-refractivity contribution in [2.24, 2.45) is 0 Å². The van der Waals surface area contributed by atoms with Gasteiger partial charge in [-0.2, -0.15) is 0 Å². The lowest BCUT2D eigenvalue weighted by atomic mass is 10.2. The first kappa shape index (κ1) is 17.2. The zero-order chi connectivity index (χ0) is 14.6. The zero-order valence-corrected chi connectivity index (χ0v) is 15.7. The fraction of sp³-hybridized carbons (Fsp3) is 1.00. The Kier molecular flexibility index (Phi) is 6.76. The summed E-state index contributed by atoms with van der Waals surface area (Å²) in [5, 5.41) is 0. The molecule has 2 saturated heterocycles. The highest BCUT2D eigenvalue weighted by atomic mass is 79.9. The Balaban J connectivity index is 1.71. The molecule has 0 saturated carbocycles. The molecule has 4 nitrogen and oxygen atoms in total. The molecule has 0 amide bonds. The van der Waals surface area contributed by atoms with E-state index < -0.39 is 0 Å². The molecule has 0 bridgehead atoms. The Hall–Kier alpha value is 0.800. The van der Waals surface area contributed by atoms with Crippen LogP contribution in [0.25, 0.3) is 0 Å². The Labute approximate surface area is 139 Å². The van der Waals surface area contributed by atoms with E-state index in [4.69, 9.17) is 9.47 Å². The molecule has 0 aliphatic carbocycles. The minimum Gasteiger partial charge on any atom is -0.376 e. The second-order valence-corrected chi connectivity index (χ2v) is 9.57. The van der Waals surface area contributed by atoms with Crippen LogP contribution in [0.3, 0.4) is 0 Å². The molecule has 0 spiro atoms. The summed E-state index contributed by atoms with van der Waals surface area (Å²) in [6.07, 6.45) is 2.96. The van der Waals surface area contributed by atoms with Crippen LogP contribution in [0.15, 0.2) is 0 Å². The Morgan fingerprint density at radius 3 is 2.35 bits per heavy atom. The first-order chi connectivity index (χ1) is 9.47. The van der Waals surface area contributed by atoms with Gasteiger partial charge in [-0.15, -0.1) is 0 Å². The minimum absolute atomic E-state index is 0.0874. The van der Waals surface area contributed by atoms with Crippen LogP contribution in [0, 0.1) is 0 Å². The summed E-state index contributed by atoms with van der Waals surface area (Å²) in [5.41, 5.74) is 0. The van der Waals surface area contributed by atoms with Gasteiger partial charge >= 0.3 is 0 Å². The first-order valence-electron chi connectivity index (χ1n) is 7.56. The zero-order valence-electron chi connectivity index (χ0n) is 12.5. The molecule has 0 radical (unpaired) electrons. The molecule has 0 aromatic heterocycles. The summed E-state index contributed by atoms with van der Waals surface area (Å²) in [6.45, 7) is 11.2. The van der Waals surface area contributed by atoms with Gasteiger partial charge in [0.2, 0.25) is 0 Å². The molecule has 2 rings (SSSR count). The van der Waals surface area contributed by atoms with Crippen molar-refractivity contribution in [1.29, 1.82) is 0 Å². The molecule has 0 aromatic carbocycles. The van der Waals surface area contributed by atoms with Crippen LogP contribution in [0.5, 0.6) is 0 Å². The monoisotopic (exact) mass is 412 g/mol. The highest BCUT2D eigenvalue weighted by Gasteiger charge is 2.33. The quantitative estimate of drug-likeness (QED) is 0.511. The molecule has 0 N–H and O–H groups in total. The molecule has 2 unspecified atom stereocenters. The Morgan fingerprint density at radius 1 is 1.05 bits per heavy atom. The lowest BCUT2D eigenvalue weighted by Crippen LogP contribution is -2.49. The molecule has 2 atom stereocenters. The lowest BCUT2D eigenvalue weighted by molar-refractivity contribution is -0.0289. The van der Waals surface area contributed by atoms with Crippen LogP contribution in [0.2, 0.25) is 0 Å². The van der Waals surface area contributed by atoms with E-state index in [1.165, 1.54) is 6.42 Å². The molecule has 2 aliphatic heterocycles. The van der Waals surface area contributed by atoms with Gasteiger partial charge in [0.25, 0.3) is 0 Å². The molecule has 6 heteroatoms. The number of halogens is 2. The fourth-order valence-electron chi connectivity index (χ4n) is 2.88. The van der Waals surface area contributed by atoms with Gasteiger partial charge in [0, 0.05) is 26.2 Å². The van der Waals surface area contributed by atoms with Crippen molar-refractivity contribution in [2.75, 3.05) is 45.9 Å². The average Bonchev–Trinajstić information content (AvgIpc) is 2.38. The van der Waals surface area contributed by atoms with E-state index in [2.05, 4.69) is 55.5 Å². The van der Waals surface area contributed by atoms with E-state index in [1.54, 1.807) is 0 Å². The number of morpholine rings is 2. The third-order valence-corrected chi connectivity index (χ3v) is 5.78. The largest absolute Gasteiger partial charge is 0.376 e. The van der Waals surface area contributed by atoms with E-state index in [1.807, 2.05) is 0 Å². The van der Waals surface area contributed by atoms with Gasteiger partial charge in [-0.25, -0.2) is 0 Å². The second kappa shape index (κ2) is 7.88. The predicted molar refractivity (Wildman–Crippen MR) is 88.7 cm³/mol. The predicted octanol–water partition coefficient (Wildman–Crippen LogP) is 2.65. The van der Waals surface area contributed by atoms with Gasteiger partial charge in [0.1, 0.15) is 3.36 Å². The van der Waals surface area contributed by atoms with Crippen LogP contribution in [-0.2, 0) is 9.47 Å². The summed E-state index contributed by atoms with van der Waals surface area (Å²) in [6, 6.07) is 0. The lowest BCUT2D eigenvalue weighted by Gasteiger charge is -2.40. The first-order valence-corrected chi connectivity index (χ1v) is 9.14. The number of rotatable bonds is 5. The van der Waals surface area contributed by atoms with Gasteiger partial charge < -0.3 is 9.47 Å². The van der Waals surface area contributed by atoms with Crippen LogP contribution >= 0.6 is 31.9 Å². The van der Waals surface area contributed by atoms with Gasteiger partial charge in [0.15, 0.2) is 0 Å². The Bertz CT molecular complexity index is 305. The number of nitrogens with zero attached hydrogens (tertiary/aromatic N) is 2. The summed E-state index contributed by atoms with van der Waals surface area (Å²) in [5.74, 6) is 0. The van der Waals surface area contributed by atoms with Gasteiger partial charge in [0.05, 0.1) is 25.4 Å². The van der Waals surface area contributed by atoms with Crippen molar-refractivity contribution in [1.82, 2.24) is 9.80 Å². The van der Waals surface area contributed by atoms with Crippen LogP contribution < -0.4 is 0 Å². The summed E-state index contributed by atoms with van der Waals surface area (Å²) >= 11 is 7.70. The third kappa shape index (κ3) is 5.21. The van der Waals surface area contributed by atoms with Crippen molar-refractivity contribution in [2.45, 2.75) is 42.3 Å². The maximum Gasteiger partial charge on any atom is 0.133 e. The summed E-state index contributed by atoms with van der Waals surface area (Å²) in [7, 11) is 0.